The van der Waals surface area contributed by atoms with Crippen LogP contribution < -0.4 is 0 Å². The van der Waals surface area contributed by atoms with Gasteiger partial charge in [-0.3, -0.25) is 10.1 Å². The highest BCUT2D eigenvalue weighted by Crippen LogP contribution is 2.23. The molecule has 5 heteroatoms. The standard InChI is InChI=1S/C10H11NO4/c1-6-4-8(10(12)15-3)9(11(13)14)5-7(6)2/h4-5H,1-3H3. The van der Waals surface area contributed by atoms with E-state index in [1.165, 1.54) is 19.2 Å². The Hall–Kier alpha value is -1.91. The fourth-order valence-corrected chi connectivity index (χ4v) is 1.23. The van der Waals surface area contributed by atoms with Gasteiger partial charge >= 0.3 is 5.97 Å². The van der Waals surface area contributed by atoms with Gasteiger partial charge in [0.05, 0.1) is 12.0 Å². The summed E-state index contributed by atoms with van der Waals surface area (Å²) in [4.78, 5) is 21.4. The van der Waals surface area contributed by atoms with E-state index in [2.05, 4.69) is 4.74 Å². The molecule has 0 atom stereocenters. The van der Waals surface area contributed by atoms with Crippen LogP contribution in [-0.4, -0.2) is 18.0 Å². The van der Waals surface area contributed by atoms with Gasteiger partial charge in [0.2, 0.25) is 0 Å². The van der Waals surface area contributed by atoms with Gasteiger partial charge in [0.15, 0.2) is 0 Å². The van der Waals surface area contributed by atoms with Crippen molar-refractivity contribution in [3.05, 3.63) is 38.9 Å². The molecule has 0 fully saturated rings. The predicted octanol–water partition coefficient (Wildman–Crippen LogP) is 2.00. The summed E-state index contributed by atoms with van der Waals surface area (Å²) in [6.45, 7) is 3.54. The molecule has 0 bridgehead atoms. The van der Waals surface area contributed by atoms with Crippen LogP contribution in [-0.2, 0) is 4.74 Å². The SMILES string of the molecule is COC(=O)c1cc(C)c(C)cc1[N+](=O)[O-]. The first-order chi connectivity index (χ1) is 6.97. The Kier molecular flexibility index (Phi) is 3.04. The number of rotatable bonds is 2. The van der Waals surface area contributed by atoms with Gasteiger partial charge in [-0.25, -0.2) is 4.79 Å². The summed E-state index contributed by atoms with van der Waals surface area (Å²) < 4.78 is 4.48. The van der Waals surface area contributed by atoms with Gasteiger partial charge < -0.3 is 4.74 Å². The lowest BCUT2D eigenvalue weighted by Gasteiger charge is -2.04. The number of hydrogen-bond donors (Lipinski definition) is 0. The fraction of sp³-hybridized carbons (Fsp3) is 0.300. The predicted molar refractivity (Wildman–Crippen MR) is 53.9 cm³/mol. The molecule has 0 unspecified atom stereocenters. The molecule has 0 spiro atoms. The molecule has 0 aliphatic heterocycles. The fourth-order valence-electron chi connectivity index (χ4n) is 1.23. The molecule has 0 N–H and O–H groups in total. The Labute approximate surface area is 86.8 Å². The molecule has 1 aromatic carbocycles. The number of esters is 1. The van der Waals surface area contributed by atoms with Crippen molar-refractivity contribution in [2.45, 2.75) is 13.8 Å². The number of ether oxygens (including phenoxy) is 1. The van der Waals surface area contributed by atoms with E-state index < -0.39 is 10.9 Å². The van der Waals surface area contributed by atoms with Crippen LogP contribution >= 0.6 is 0 Å². The first-order valence-corrected chi connectivity index (χ1v) is 4.31. The highest BCUT2D eigenvalue weighted by Gasteiger charge is 2.21. The molecule has 0 radical (unpaired) electrons. The van der Waals surface area contributed by atoms with Crippen LogP contribution in [0.15, 0.2) is 12.1 Å². The molecule has 1 aromatic rings. The molecule has 80 valence electrons. The van der Waals surface area contributed by atoms with E-state index >= 15 is 0 Å². The molecule has 0 heterocycles. The number of nitro benzene ring substituents is 1. The van der Waals surface area contributed by atoms with Crippen molar-refractivity contribution in [2.24, 2.45) is 0 Å². The zero-order chi connectivity index (χ0) is 11.6. The van der Waals surface area contributed by atoms with Crippen molar-refractivity contribution in [1.82, 2.24) is 0 Å². The van der Waals surface area contributed by atoms with E-state index in [1.807, 2.05) is 0 Å². The van der Waals surface area contributed by atoms with E-state index in [1.54, 1.807) is 13.8 Å². The molecular formula is C10H11NO4. The van der Waals surface area contributed by atoms with Crippen LogP contribution in [0.25, 0.3) is 0 Å². The summed E-state index contributed by atoms with van der Waals surface area (Å²) in [7, 11) is 1.20. The monoisotopic (exact) mass is 209 g/mol. The van der Waals surface area contributed by atoms with Gasteiger partial charge in [0.1, 0.15) is 5.56 Å². The van der Waals surface area contributed by atoms with Gasteiger partial charge in [-0.1, -0.05) is 0 Å². The van der Waals surface area contributed by atoms with E-state index in [0.717, 1.165) is 11.1 Å². The van der Waals surface area contributed by atoms with Gasteiger partial charge in [-0.2, -0.15) is 0 Å². The van der Waals surface area contributed by atoms with Gasteiger partial charge in [0, 0.05) is 6.07 Å². The summed E-state index contributed by atoms with van der Waals surface area (Å²) in [5.41, 5.74) is 1.37. The number of nitrogens with zero attached hydrogens (tertiary/aromatic N) is 1. The molecule has 0 amide bonds. The molecule has 0 aliphatic carbocycles. The maximum atomic E-state index is 11.3. The Balaban J connectivity index is 3.41. The van der Waals surface area contributed by atoms with Crippen LogP contribution in [0.3, 0.4) is 0 Å². The normalized spacial score (nSPS) is 9.80. The molecule has 1 rings (SSSR count). The average Bonchev–Trinajstić information content (AvgIpc) is 2.20. The molecular weight excluding hydrogens is 198 g/mol. The lowest BCUT2D eigenvalue weighted by molar-refractivity contribution is -0.385. The van der Waals surface area contributed by atoms with E-state index in [4.69, 9.17) is 0 Å². The van der Waals surface area contributed by atoms with Crippen LogP contribution in [0.4, 0.5) is 5.69 Å². The summed E-state index contributed by atoms with van der Waals surface area (Å²) >= 11 is 0. The zero-order valence-corrected chi connectivity index (χ0v) is 8.73. The minimum atomic E-state index is -0.690. The number of aryl methyl sites for hydroxylation is 2. The largest absolute Gasteiger partial charge is 0.465 e. The first kappa shape index (κ1) is 11.2. The molecule has 5 nitrogen and oxygen atoms in total. The topological polar surface area (TPSA) is 69.4 Å². The number of benzene rings is 1. The Morgan fingerprint density at radius 1 is 1.33 bits per heavy atom. The maximum Gasteiger partial charge on any atom is 0.344 e. The molecule has 0 aromatic heterocycles. The van der Waals surface area contributed by atoms with Gasteiger partial charge in [-0.15, -0.1) is 0 Å². The zero-order valence-electron chi connectivity index (χ0n) is 8.73. The smallest absolute Gasteiger partial charge is 0.344 e. The molecule has 0 aliphatic rings. The Morgan fingerprint density at radius 3 is 2.33 bits per heavy atom. The third kappa shape index (κ3) is 2.12. The maximum absolute atomic E-state index is 11.3. The molecule has 15 heavy (non-hydrogen) atoms. The second-order valence-electron chi connectivity index (χ2n) is 3.20. The van der Waals surface area contributed by atoms with Crippen LogP contribution in [0.2, 0.25) is 0 Å². The third-order valence-electron chi connectivity index (χ3n) is 2.21. The Bertz CT molecular complexity index is 426. The molecule has 0 saturated heterocycles. The number of carbonyl (C=O) groups excluding carboxylic acids is 1. The second kappa shape index (κ2) is 4.08. The second-order valence-corrected chi connectivity index (χ2v) is 3.20. The van der Waals surface area contributed by atoms with E-state index in [0.29, 0.717) is 0 Å². The van der Waals surface area contributed by atoms with Crippen molar-refractivity contribution < 1.29 is 14.5 Å². The number of carbonyl (C=O) groups is 1. The highest BCUT2D eigenvalue weighted by atomic mass is 16.6. The summed E-state index contributed by atoms with van der Waals surface area (Å²) in [5, 5.41) is 10.7. The lowest BCUT2D eigenvalue weighted by Crippen LogP contribution is -2.06. The average molecular weight is 209 g/mol. The van der Waals surface area contributed by atoms with Crippen molar-refractivity contribution in [3.8, 4) is 0 Å². The first-order valence-electron chi connectivity index (χ1n) is 4.31. The van der Waals surface area contributed by atoms with Crippen molar-refractivity contribution >= 4 is 11.7 Å². The Morgan fingerprint density at radius 2 is 1.87 bits per heavy atom. The van der Waals surface area contributed by atoms with Gasteiger partial charge in [-0.05, 0) is 31.0 Å². The third-order valence-corrected chi connectivity index (χ3v) is 2.21. The van der Waals surface area contributed by atoms with E-state index in [9.17, 15) is 14.9 Å². The minimum absolute atomic E-state index is 0.00870. The van der Waals surface area contributed by atoms with Crippen molar-refractivity contribution in [3.63, 3.8) is 0 Å². The number of hydrogen-bond acceptors (Lipinski definition) is 4. The number of nitro groups is 1. The van der Waals surface area contributed by atoms with Gasteiger partial charge in [0.25, 0.3) is 5.69 Å². The van der Waals surface area contributed by atoms with Crippen LogP contribution in [0.5, 0.6) is 0 Å². The van der Waals surface area contributed by atoms with Crippen molar-refractivity contribution in [2.75, 3.05) is 7.11 Å². The van der Waals surface area contributed by atoms with Crippen LogP contribution in [0, 0.1) is 24.0 Å². The lowest BCUT2D eigenvalue weighted by atomic mass is 10.0. The highest BCUT2D eigenvalue weighted by molar-refractivity contribution is 5.94. The molecule has 0 saturated carbocycles. The summed E-state index contributed by atoms with van der Waals surface area (Å²) in [6, 6.07) is 2.85. The minimum Gasteiger partial charge on any atom is -0.465 e. The van der Waals surface area contributed by atoms with Crippen LogP contribution in [0.1, 0.15) is 21.5 Å². The number of methoxy groups -OCH3 is 1. The summed E-state index contributed by atoms with van der Waals surface area (Å²) in [6.07, 6.45) is 0. The van der Waals surface area contributed by atoms with E-state index in [-0.39, 0.29) is 11.3 Å². The quantitative estimate of drug-likeness (QED) is 0.424. The van der Waals surface area contributed by atoms with Crippen molar-refractivity contribution in [1.29, 1.82) is 0 Å². The summed E-state index contributed by atoms with van der Waals surface area (Å²) in [5.74, 6) is -0.690.